The van der Waals surface area contributed by atoms with Crippen molar-refractivity contribution in [3.05, 3.63) is 29.8 Å². The Morgan fingerprint density at radius 2 is 1.90 bits per heavy atom. The first-order valence-corrected chi connectivity index (χ1v) is 6.33. The van der Waals surface area contributed by atoms with Crippen LogP contribution in [0.2, 0.25) is 0 Å². The van der Waals surface area contributed by atoms with Gasteiger partial charge in [-0.25, -0.2) is 13.6 Å². The predicted octanol–water partition coefficient (Wildman–Crippen LogP) is 3.47. The molecule has 0 radical (unpaired) electrons. The number of halogens is 2. The molecule has 0 heterocycles. The minimum atomic E-state index is -3.10. The molecule has 1 aromatic carbocycles. The summed E-state index contributed by atoms with van der Waals surface area (Å²) in [7, 11) is 0. The second kappa shape index (κ2) is 6.17. The van der Waals surface area contributed by atoms with Crippen molar-refractivity contribution in [1.82, 2.24) is 0 Å². The second-order valence-electron chi connectivity index (χ2n) is 5.42. The second-order valence-corrected chi connectivity index (χ2v) is 5.42. The van der Waals surface area contributed by atoms with Gasteiger partial charge in [0.25, 0.3) is 5.92 Å². The van der Waals surface area contributed by atoms with Gasteiger partial charge in [-0.3, -0.25) is 5.32 Å². The highest BCUT2D eigenvalue weighted by molar-refractivity contribution is 5.86. The molecule has 1 amide bonds. The molecule has 0 saturated heterocycles. The van der Waals surface area contributed by atoms with E-state index < -0.39 is 24.0 Å². The molecule has 0 saturated carbocycles. The van der Waals surface area contributed by atoms with Crippen molar-refractivity contribution in [3.63, 3.8) is 0 Å². The summed E-state index contributed by atoms with van der Waals surface area (Å²) in [5.74, 6) is -3.10. The number of amides is 1. The number of alkyl halides is 2. The van der Waals surface area contributed by atoms with Gasteiger partial charge in [0.1, 0.15) is 5.60 Å². The Balaban J connectivity index is 2.94. The van der Waals surface area contributed by atoms with E-state index in [4.69, 9.17) is 10.5 Å². The average molecular weight is 286 g/mol. The summed E-state index contributed by atoms with van der Waals surface area (Å²) >= 11 is 0. The summed E-state index contributed by atoms with van der Waals surface area (Å²) in [6.45, 7) is 4.94. The number of ether oxygens (including phenoxy) is 1. The topological polar surface area (TPSA) is 64.3 Å². The SMILES string of the molecule is CC(C)(C)OC(=O)Nc1ccccc1C(F)(F)CCN. The Hall–Kier alpha value is -1.69. The highest BCUT2D eigenvalue weighted by Gasteiger charge is 2.33. The van der Waals surface area contributed by atoms with Crippen molar-refractivity contribution in [2.45, 2.75) is 38.7 Å². The van der Waals surface area contributed by atoms with E-state index in [2.05, 4.69) is 5.32 Å². The Kier molecular flexibility index (Phi) is 5.05. The van der Waals surface area contributed by atoms with Gasteiger partial charge in [-0.05, 0) is 33.4 Å². The lowest BCUT2D eigenvalue weighted by Gasteiger charge is -2.22. The van der Waals surface area contributed by atoms with E-state index in [1.807, 2.05) is 0 Å². The highest BCUT2D eigenvalue weighted by atomic mass is 19.3. The monoisotopic (exact) mass is 286 g/mol. The third-order valence-electron chi connectivity index (χ3n) is 2.42. The lowest BCUT2D eigenvalue weighted by Crippen LogP contribution is -2.28. The molecule has 0 aliphatic heterocycles. The number of nitrogens with two attached hydrogens (primary N) is 1. The number of para-hydroxylation sites is 1. The first-order chi connectivity index (χ1) is 9.15. The molecule has 20 heavy (non-hydrogen) atoms. The molecule has 0 unspecified atom stereocenters. The van der Waals surface area contributed by atoms with Gasteiger partial charge in [-0.15, -0.1) is 0 Å². The van der Waals surface area contributed by atoms with Crippen molar-refractivity contribution >= 4 is 11.8 Å². The van der Waals surface area contributed by atoms with Crippen LogP contribution in [0.15, 0.2) is 24.3 Å². The summed E-state index contributed by atoms with van der Waals surface area (Å²) in [5, 5.41) is 2.35. The number of carbonyl (C=O) groups excluding carboxylic acids is 1. The van der Waals surface area contributed by atoms with Gasteiger partial charge in [0, 0.05) is 12.0 Å². The summed E-state index contributed by atoms with van der Waals surface area (Å²) in [5.41, 5.74) is 4.26. The fourth-order valence-electron chi connectivity index (χ4n) is 1.64. The number of hydrogen-bond acceptors (Lipinski definition) is 3. The molecule has 0 spiro atoms. The molecular weight excluding hydrogens is 266 g/mol. The van der Waals surface area contributed by atoms with Crippen LogP contribution in [0.3, 0.4) is 0 Å². The number of hydrogen-bond donors (Lipinski definition) is 2. The van der Waals surface area contributed by atoms with Crippen molar-refractivity contribution in [3.8, 4) is 0 Å². The maximum absolute atomic E-state index is 13.9. The lowest BCUT2D eigenvalue weighted by molar-refractivity contribution is -0.00995. The van der Waals surface area contributed by atoms with Gasteiger partial charge < -0.3 is 10.5 Å². The summed E-state index contributed by atoms with van der Waals surface area (Å²) < 4.78 is 32.9. The normalized spacial score (nSPS) is 12.1. The van der Waals surface area contributed by atoms with Crippen LogP contribution in [-0.2, 0) is 10.7 Å². The van der Waals surface area contributed by atoms with Crippen LogP contribution in [0.25, 0.3) is 0 Å². The Morgan fingerprint density at radius 3 is 2.45 bits per heavy atom. The first kappa shape index (κ1) is 16.4. The predicted molar refractivity (Wildman–Crippen MR) is 73.9 cm³/mol. The summed E-state index contributed by atoms with van der Waals surface area (Å²) in [6, 6.07) is 5.72. The van der Waals surface area contributed by atoms with Crippen LogP contribution in [0, 0.1) is 0 Å². The van der Waals surface area contributed by atoms with Crippen molar-refractivity contribution < 1.29 is 18.3 Å². The van der Waals surface area contributed by atoms with Gasteiger partial charge >= 0.3 is 6.09 Å². The number of nitrogens with one attached hydrogen (secondary N) is 1. The average Bonchev–Trinajstić information content (AvgIpc) is 2.26. The van der Waals surface area contributed by atoms with E-state index in [1.54, 1.807) is 26.8 Å². The standard InChI is InChI=1S/C14H20F2N2O2/c1-13(2,3)20-12(19)18-11-7-5-4-6-10(11)14(15,16)8-9-17/h4-7H,8-9,17H2,1-3H3,(H,18,19). The van der Waals surface area contributed by atoms with Crippen molar-refractivity contribution in [1.29, 1.82) is 0 Å². The number of carbonyl (C=O) groups is 1. The van der Waals surface area contributed by atoms with Crippen molar-refractivity contribution in [2.75, 3.05) is 11.9 Å². The smallest absolute Gasteiger partial charge is 0.412 e. The molecule has 6 heteroatoms. The molecule has 3 N–H and O–H groups in total. The van der Waals surface area contributed by atoms with Gasteiger partial charge in [-0.1, -0.05) is 18.2 Å². The van der Waals surface area contributed by atoms with Crippen LogP contribution in [0.5, 0.6) is 0 Å². The zero-order chi connectivity index (χ0) is 15.4. The largest absolute Gasteiger partial charge is 0.444 e. The third kappa shape index (κ3) is 4.77. The molecule has 0 bridgehead atoms. The Labute approximate surface area is 117 Å². The lowest BCUT2D eigenvalue weighted by atomic mass is 10.0. The molecule has 1 rings (SSSR count). The minimum Gasteiger partial charge on any atom is -0.444 e. The van der Waals surface area contributed by atoms with Crippen LogP contribution >= 0.6 is 0 Å². The zero-order valence-electron chi connectivity index (χ0n) is 11.9. The van der Waals surface area contributed by atoms with E-state index in [9.17, 15) is 13.6 Å². The van der Waals surface area contributed by atoms with Crippen LogP contribution in [0.4, 0.5) is 19.3 Å². The number of benzene rings is 1. The zero-order valence-corrected chi connectivity index (χ0v) is 11.9. The van der Waals surface area contributed by atoms with E-state index in [0.29, 0.717) is 0 Å². The van der Waals surface area contributed by atoms with Crippen molar-refractivity contribution in [2.24, 2.45) is 5.73 Å². The van der Waals surface area contributed by atoms with Crippen LogP contribution in [0.1, 0.15) is 32.8 Å². The fraction of sp³-hybridized carbons (Fsp3) is 0.500. The molecule has 1 aromatic rings. The maximum atomic E-state index is 13.9. The molecule has 0 atom stereocenters. The van der Waals surface area contributed by atoms with E-state index in [1.165, 1.54) is 18.2 Å². The number of rotatable bonds is 4. The van der Waals surface area contributed by atoms with Gasteiger partial charge in [-0.2, -0.15) is 0 Å². The van der Waals surface area contributed by atoms with Crippen LogP contribution < -0.4 is 11.1 Å². The van der Waals surface area contributed by atoms with Gasteiger partial charge in [0.2, 0.25) is 0 Å². The summed E-state index contributed by atoms with van der Waals surface area (Å²) in [4.78, 5) is 11.7. The van der Waals surface area contributed by atoms with E-state index in [-0.39, 0.29) is 17.8 Å². The van der Waals surface area contributed by atoms with Crippen LogP contribution in [-0.4, -0.2) is 18.2 Å². The molecule has 0 aromatic heterocycles. The quantitative estimate of drug-likeness (QED) is 0.890. The number of anilines is 1. The van der Waals surface area contributed by atoms with E-state index >= 15 is 0 Å². The first-order valence-electron chi connectivity index (χ1n) is 6.33. The van der Waals surface area contributed by atoms with Gasteiger partial charge in [0.15, 0.2) is 0 Å². The molecule has 0 aliphatic rings. The molecule has 112 valence electrons. The summed E-state index contributed by atoms with van der Waals surface area (Å²) in [6.07, 6.45) is -1.26. The fourth-order valence-corrected chi connectivity index (χ4v) is 1.64. The highest BCUT2D eigenvalue weighted by Crippen LogP contribution is 2.36. The minimum absolute atomic E-state index is 0.0280. The van der Waals surface area contributed by atoms with Gasteiger partial charge in [0.05, 0.1) is 5.69 Å². The van der Waals surface area contributed by atoms with E-state index in [0.717, 1.165) is 0 Å². The molecule has 4 nitrogen and oxygen atoms in total. The Bertz CT molecular complexity index is 470. The Morgan fingerprint density at radius 1 is 1.30 bits per heavy atom. The maximum Gasteiger partial charge on any atom is 0.412 e. The molecule has 0 fully saturated rings. The third-order valence-corrected chi connectivity index (χ3v) is 2.42. The molecule has 0 aliphatic carbocycles. The molecular formula is C14H20F2N2O2.